The maximum absolute atomic E-state index is 5.88. The Morgan fingerprint density at radius 3 is 2.21 bits per heavy atom. The molecule has 5 nitrogen and oxygen atoms in total. The van der Waals surface area contributed by atoms with Gasteiger partial charge in [-0.25, -0.2) is 9.98 Å². The Morgan fingerprint density at radius 2 is 1.61 bits per heavy atom. The zero-order valence-corrected chi connectivity index (χ0v) is 16.2. The van der Waals surface area contributed by atoms with Crippen LogP contribution >= 0.6 is 0 Å². The molecule has 0 saturated carbocycles. The van der Waals surface area contributed by atoms with Crippen molar-refractivity contribution < 1.29 is 9.26 Å². The van der Waals surface area contributed by atoms with Crippen molar-refractivity contribution in [3.8, 4) is 0 Å². The third kappa shape index (κ3) is 2.74. The molecule has 0 bridgehead atoms. The first-order valence-electron chi connectivity index (χ1n) is 9.46. The molecule has 0 radical (unpaired) electrons. The monoisotopic (exact) mass is 371 g/mol. The largest absolute Gasteiger partial charge is 0.475 e. The van der Waals surface area contributed by atoms with Crippen LogP contribution < -0.4 is 0 Å². The molecular formula is C23H21N3O2. The highest BCUT2D eigenvalue weighted by atomic mass is 16.5. The van der Waals surface area contributed by atoms with E-state index in [1.807, 2.05) is 43.3 Å². The number of ether oxygens (including phenoxy) is 1. The van der Waals surface area contributed by atoms with Gasteiger partial charge in [-0.15, -0.1) is 0 Å². The van der Waals surface area contributed by atoms with Crippen molar-refractivity contribution in [3.63, 3.8) is 0 Å². The zero-order chi connectivity index (χ0) is 19.3. The van der Waals surface area contributed by atoms with Crippen molar-refractivity contribution in [2.24, 2.45) is 4.99 Å². The lowest BCUT2D eigenvalue weighted by molar-refractivity contribution is 0.279. The molecule has 0 unspecified atom stereocenters. The Morgan fingerprint density at radius 1 is 0.964 bits per heavy atom. The molecule has 4 aromatic rings. The summed E-state index contributed by atoms with van der Waals surface area (Å²) in [5.41, 5.74) is 4.57. The highest BCUT2D eigenvalue weighted by Crippen LogP contribution is 2.31. The van der Waals surface area contributed by atoms with Gasteiger partial charge in [-0.3, -0.25) is 0 Å². The summed E-state index contributed by atoms with van der Waals surface area (Å²) >= 11 is 0. The molecule has 1 aliphatic heterocycles. The smallest absolute Gasteiger partial charge is 0.222 e. The maximum atomic E-state index is 5.88. The fourth-order valence-electron chi connectivity index (χ4n) is 3.80. The van der Waals surface area contributed by atoms with Crippen molar-refractivity contribution in [1.82, 2.24) is 10.1 Å². The number of hydrogen-bond acceptors (Lipinski definition) is 5. The van der Waals surface area contributed by atoms with Crippen LogP contribution in [0.1, 0.15) is 36.4 Å². The minimum Gasteiger partial charge on any atom is -0.475 e. The van der Waals surface area contributed by atoms with Crippen LogP contribution in [0, 0.1) is 6.92 Å². The van der Waals surface area contributed by atoms with Crippen LogP contribution in [0.4, 0.5) is 0 Å². The lowest BCUT2D eigenvalue weighted by atomic mass is 9.97. The fourth-order valence-corrected chi connectivity index (χ4v) is 3.80. The summed E-state index contributed by atoms with van der Waals surface area (Å²) in [6.07, 6.45) is 0.600. The lowest BCUT2D eigenvalue weighted by Gasteiger charge is -2.10. The number of hydrogen-bond donors (Lipinski definition) is 0. The van der Waals surface area contributed by atoms with E-state index >= 15 is 0 Å². The number of benzene rings is 2. The molecule has 0 spiro atoms. The minimum absolute atomic E-state index is 0.230. The summed E-state index contributed by atoms with van der Waals surface area (Å²) in [5, 5.41) is 6.46. The van der Waals surface area contributed by atoms with E-state index in [-0.39, 0.29) is 5.54 Å². The molecule has 3 heterocycles. The number of aliphatic imine (C=N–C) groups is 1. The quantitative estimate of drug-likeness (QED) is 0.484. The van der Waals surface area contributed by atoms with E-state index in [2.05, 4.69) is 31.1 Å². The van der Waals surface area contributed by atoms with Gasteiger partial charge in [-0.1, -0.05) is 41.6 Å². The number of rotatable bonds is 3. The summed E-state index contributed by atoms with van der Waals surface area (Å²) in [6.45, 7) is 6.62. The molecule has 5 rings (SSSR count). The third-order valence-electron chi connectivity index (χ3n) is 5.15. The molecule has 0 atom stereocenters. The van der Waals surface area contributed by atoms with Crippen LogP contribution in [0.25, 0.3) is 21.8 Å². The number of pyridine rings is 1. The molecule has 0 amide bonds. The normalized spacial score (nSPS) is 15.8. The zero-order valence-electron chi connectivity index (χ0n) is 16.2. The van der Waals surface area contributed by atoms with Crippen LogP contribution in [-0.4, -0.2) is 28.2 Å². The van der Waals surface area contributed by atoms with Gasteiger partial charge in [-0.05, 0) is 38.5 Å². The molecule has 28 heavy (non-hydrogen) atoms. The van der Waals surface area contributed by atoms with E-state index in [0.717, 1.165) is 38.8 Å². The van der Waals surface area contributed by atoms with E-state index in [9.17, 15) is 0 Å². The average Bonchev–Trinajstić information content (AvgIpc) is 3.23. The minimum atomic E-state index is -0.230. The maximum Gasteiger partial charge on any atom is 0.222 e. The van der Waals surface area contributed by atoms with Gasteiger partial charge in [-0.2, -0.15) is 0 Å². The Balaban J connectivity index is 1.70. The number of fused-ring (bicyclic) bond motifs is 2. The van der Waals surface area contributed by atoms with Gasteiger partial charge in [0.05, 0.1) is 22.3 Å². The first-order valence-corrected chi connectivity index (χ1v) is 9.46. The SMILES string of the molecule is Cc1noc(Cc2c3ccccc3nc3ccccc23)c1C1=NC(C)(C)CO1. The van der Waals surface area contributed by atoms with E-state index < -0.39 is 0 Å². The van der Waals surface area contributed by atoms with Crippen LogP contribution in [-0.2, 0) is 11.2 Å². The van der Waals surface area contributed by atoms with Gasteiger partial charge in [0.1, 0.15) is 12.2 Å². The van der Waals surface area contributed by atoms with E-state index in [1.54, 1.807) is 0 Å². The van der Waals surface area contributed by atoms with E-state index in [4.69, 9.17) is 19.2 Å². The van der Waals surface area contributed by atoms with Crippen LogP contribution in [0.3, 0.4) is 0 Å². The van der Waals surface area contributed by atoms with Crippen molar-refractivity contribution >= 4 is 27.7 Å². The second kappa shape index (κ2) is 6.16. The van der Waals surface area contributed by atoms with E-state index in [1.165, 1.54) is 5.56 Å². The van der Waals surface area contributed by atoms with Gasteiger partial charge in [0, 0.05) is 17.2 Å². The highest BCUT2D eigenvalue weighted by Gasteiger charge is 2.31. The Hall–Kier alpha value is -3.21. The first kappa shape index (κ1) is 16.9. The van der Waals surface area contributed by atoms with Crippen molar-refractivity contribution in [2.45, 2.75) is 32.7 Å². The van der Waals surface area contributed by atoms with Crippen LogP contribution in [0.5, 0.6) is 0 Å². The van der Waals surface area contributed by atoms with Gasteiger partial charge in [0.25, 0.3) is 0 Å². The van der Waals surface area contributed by atoms with Crippen LogP contribution in [0.15, 0.2) is 58.0 Å². The number of aromatic nitrogens is 2. The summed E-state index contributed by atoms with van der Waals surface area (Å²) < 4.78 is 11.6. The molecule has 2 aromatic carbocycles. The third-order valence-corrected chi connectivity index (χ3v) is 5.15. The summed E-state index contributed by atoms with van der Waals surface area (Å²) in [5.74, 6) is 1.40. The van der Waals surface area contributed by atoms with E-state index in [0.29, 0.717) is 18.9 Å². The van der Waals surface area contributed by atoms with Gasteiger partial charge in [0.15, 0.2) is 5.76 Å². The van der Waals surface area contributed by atoms with Gasteiger partial charge in [0.2, 0.25) is 5.90 Å². The second-order valence-corrected chi connectivity index (χ2v) is 7.89. The molecule has 5 heteroatoms. The molecule has 0 aliphatic carbocycles. The molecule has 2 aromatic heterocycles. The summed E-state index contributed by atoms with van der Waals surface area (Å²) in [6, 6.07) is 16.4. The fraction of sp³-hybridized carbons (Fsp3) is 0.261. The molecular weight excluding hydrogens is 350 g/mol. The number of aryl methyl sites for hydroxylation is 1. The molecule has 0 saturated heterocycles. The van der Waals surface area contributed by atoms with Gasteiger partial charge >= 0.3 is 0 Å². The summed E-state index contributed by atoms with van der Waals surface area (Å²) in [4.78, 5) is 9.54. The highest BCUT2D eigenvalue weighted by molar-refractivity contribution is 6.00. The van der Waals surface area contributed by atoms with Crippen LogP contribution in [0.2, 0.25) is 0 Å². The Labute approximate surface area is 163 Å². The summed E-state index contributed by atoms with van der Waals surface area (Å²) in [7, 11) is 0. The lowest BCUT2D eigenvalue weighted by Crippen LogP contribution is -2.17. The van der Waals surface area contributed by atoms with Crippen molar-refractivity contribution in [2.75, 3.05) is 6.61 Å². The molecule has 1 aliphatic rings. The predicted octanol–water partition coefficient (Wildman–Crippen LogP) is 4.83. The van der Waals surface area contributed by atoms with Gasteiger partial charge < -0.3 is 9.26 Å². The van der Waals surface area contributed by atoms with Crippen molar-refractivity contribution in [1.29, 1.82) is 0 Å². The number of para-hydroxylation sites is 2. The second-order valence-electron chi connectivity index (χ2n) is 7.89. The van der Waals surface area contributed by atoms with Crippen molar-refractivity contribution in [3.05, 3.63) is 71.1 Å². The number of nitrogens with zero attached hydrogens (tertiary/aromatic N) is 3. The molecule has 0 N–H and O–H groups in total. The Bertz CT molecular complexity index is 1180. The average molecular weight is 371 g/mol. The first-order chi connectivity index (χ1) is 13.5. The molecule has 140 valence electrons. The Kier molecular flexibility index (Phi) is 3.72. The topological polar surface area (TPSA) is 60.5 Å². The predicted molar refractivity (Wildman–Crippen MR) is 110 cm³/mol. The standard InChI is InChI=1S/C23H21N3O2/c1-14-21(22-25-23(2,3)13-27-22)20(28-26-14)12-17-15-8-4-6-10-18(15)24-19-11-7-5-9-16(17)19/h4-11H,12-13H2,1-3H3. The molecule has 0 fully saturated rings.